The number of ether oxygens (including phenoxy) is 1. The number of nitrogens with zero attached hydrogens (tertiary/aromatic N) is 2. The zero-order valence-electron chi connectivity index (χ0n) is 10.8. The van der Waals surface area contributed by atoms with Gasteiger partial charge in [0, 0.05) is 23.4 Å². The van der Waals surface area contributed by atoms with Crippen LogP contribution in [-0.4, -0.2) is 16.9 Å². The Hall–Kier alpha value is -1.77. The van der Waals surface area contributed by atoms with Crippen LogP contribution in [0.1, 0.15) is 25.5 Å². The summed E-state index contributed by atoms with van der Waals surface area (Å²) < 4.78 is 7.37. The first kappa shape index (κ1) is 11.7. The number of hydrogen-bond donors (Lipinski definition) is 0. The highest BCUT2D eigenvalue weighted by molar-refractivity contribution is 5.72. The molecule has 2 rings (SSSR count). The molecule has 1 aromatic carbocycles. The minimum Gasteiger partial charge on any atom is -0.496 e. The summed E-state index contributed by atoms with van der Waals surface area (Å²) in [6, 6.07) is 6.45. The number of methoxy groups -OCH3 is 1. The summed E-state index contributed by atoms with van der Waals surface area (Å²) in [4.78, 5) is 0. The molecule has 3 nitrogen and oxygen atoms in total. The molecule has 0 aliphatic rings. The van der Waals surface area contributed by atoms with Crippen molar-refractivity contribution in [1.82, 2.24) is 9.78 Å². The lowest BCUT2D eigenvalue weighted by molar-refractivity contribution is 0.416. The summed E-state index contributed by atoms with van der Waals surface area (Å²) in [5.41, 5.74) is 3.43. The Balaban J connectivity index is 2.51. The molecule has 0 saturated carbocycles. The predicted octanol–water partition coefficient (Wildman–Crippen LogP) is 3.45. The van der Waals surface area contributed by atoms with Gasteiger partial charge in [0.15, 0.2) is 0 Å². The molecule has 0 aliphatic heterocycles. The maximum absolute atomic E-state index is 5.41. The zero-order chi connectivity index (χ0) is 12.4. The lowest BCUT2D eigenvalue weighted by atomic mass is 10.0. The van der Waals surface area contributed by atoms with E-state index in [1.54, 1.807) is 7.11 Å². The third kappa shape index (κ3) is 2.18. The maximum Gasteiger partial charge on any atom is 0.127 e. The molecular weight excluding hydrogens is 212 g/mol. The Bertz CT molecular complexity index is 515. The molecule has 0 atom stereocenters. The molecule has 0 bridgehead atoms. The van der Waals surface area contributed by atoms with E-state index in [1.807, 2.05) is 23.0 Å². The standard InChI is InChI=1S/C14H18N2O/c1-10(2)16-9-12(8-15-16)14-11(3)6-5-7-13(14)17-4/h5-10H,1-4H3. The molecule has 0 unspecified atom stereocenters. The Kier molecular flexibility index (Phi) is 3.18. The van der Waals surface area contributed by atoms with Crippen LogP contribution in [0.3, 0.4) is 0 Å². The van der Waals surface area contributed by atoms with Gasteiger partial charge in [0.2, 0.25) is 0 Å². The molecule has 1 aromatic heterocycles. The van der Waals surface area contributed by atoms with Gasteiger partial charge in [-0.25, -0.2) is 0 Å². The second-order valence-electron chi connectivity index (χ2n) is 4.45. The van der Waals surface area contributed by atoms with Crippen LogP contribution in [-0.2, 0) is 0 Å². The topological polar surface area (TPSA) is 27.1 Å². The van der Waals surface area contributed by atoms with Crippen LogP contribution >= 0.6 is 0 Å². The minimum atomic E-state index is 0.374. The number of hydrogen-bond acceptors (Lipinski definition) is 2. The molecule has 0 N–H and O–H groups in total. The van der Waals surface area contributed by atoms with Crippen LogP contribution in [0.15, 0.2) is 30.6 Å². The van der Waals surface area contributed by atoms with E-state index >= 15 is 0 Å². The molecule has 0 radical (unpaired) electrons. The Morgan fingerprint density at radius 1 is 1.29 bits per heavy atom. The number of aromatic nitrogens is 2. The van der Waals surface area contributed by atoms with Crippen molar-refractivity contribution in [3.63, 3.8) is 0 Å². The average Bonchev–Trinajstić information content (AvgIpc) is 2.77. The molecule has 90 valence electrons. The first-order chi connectivity index (χ1) is 8.13. The van der Waals surface area contributed by atoms with Crippen molar-refractivity contribution in [2.75, 3.05) is 7.11 Å². The Morgan fingerprint density at radius 3 is 2.65 bits per heavy atom. The molecule has 0 fully saturated rings. The van der Waals surface area contributed by atoms with Crippen molar-refractivity contribution < 1.29 is 4.74 Å². The molecule has 2 aromatic rings. The second kappa shape index (κ2) is 4.62. The Morgan fingerprint density at radius 2 is 2.06 bits per heavy atom. The number of benzene rings is 1. The van der Waals surface area contributed by atoms with Crippen LogP contribution < -0.4 is 4.74 Å². The van der Waals surface area contributed by atoms with Crippen molar-refractivity contribution in [2.45, 2.75) is 26.8 Å². The van der Waals surface area contributed by atoms with Gasteiger partial charge in [-0.2, -0.15) is 5.10 Å². The second-order valence-corrected chi connectivity index (χ2v) is 4.45. The van der Waals surface area contributed by atoms with E-state index in [-0.39, 0.29) is 0 Å². The molecule has 0 aliphatic carbocycles. The van der Waals surface area contributed by atoms with E-state index in [0.717, 1.165) is 16.9 Å². The summed E-state index contributed by atoms with van der Waals surface area (Å²) in [6.07, 6.45) is 3.96. The minimum absolute atomic E-state index is 0.374. The lowest BCUT2D eigenvalue weighted by Gasteiger charge is -2.09. The van der Waals surface area contributed by atoms with Crippen molar-refractivity contribution in [1.29, 1.82) is 0 Å². The molecule has 3 heteroatoms. The normalized spacial score (nSPS) is 10.9. The molecule has 0 spiro atoms. The van der Waals surface area contributed by atoms with E-state index < -0.39 is 0 Å². The monoisotopic (exact) mass is 230 g/mol. The molecular formula is C14H18N2O. The molecule has 0 saturated heterocycles. The fourth-order valence-electron chi connectivity index (χ4n) is 1.93. The van der Waals surface area contributed by atoms with Gasteiger partial charge in [0.1, 0.15) is 5.75 Å². The fourth-order valence-corrected chi connectivity index (χ4v) is 1.93. The van der Waals surface area contributed by atoms with E-state index in [0.29, 0.717) is 6.04 Å². The first-order valence-electron chi connectivity index (χ1n) is 5.81. The van der Waals surface area contributed by atoms with E-state index in [4.69, 9.17) is 4.74 Å². The number of rotatable bonds is 3. The van der Waals surface area contributed by atoms with Gasteiger partial charge in [0.05, 0.1) is 13.3 Å². The van der Waals surface area contributed by atoms with Crippen LogP contribution in [0.5, 0.6) is 5.75 Å². The van der Waals surface area contributed by atoms with Crippen molar-refractivity contribution in [3.8, 4) is 16.9 Å². The highest BCUT2D eigenvalue weighted by atomic mass is 16.5. The van der Waals surface area contributed by atoms with Gasteiger partial charge in [-0.15, -0.1) is 0 Å². The first-order valence-corrected chi connectivity index (χ1v) is 5.81. The van der Waals surface area contributed by atoms with Crippen LogP contribution in [0.2, 0.25) is 0 Å². The summed E-state index contributed by atoms with van der Waals surface area (Å²) in [5, 5.41) is 4.37. The van der Waals surface area contributed by atoms with E-state index in [9.17, 15) is 0 Å². The largest absolute Gasteiger partial charge is 0.496 e. The SMILES string of the molecule is COc1cccc(C)c1-c1cnn(C(C)C)c1. The van der Waals surface area contributed by atoms with Gasteiger partial charge in [-0.1, -0.05) is 12.1 Å². The highest BCUT2D eigenvalue weighted by Gasteiger charge is 2.11. The Labute approximate surface area is 102 Å². The van der Waals surface area contributed by atoms with Gasteiger partial charge in [0.25, 0.3) is 0 Å². The van der Waals surface area contributed by atoms with Crippen molar-refractivity contribution >= 4 is 0 Å². The van der Waals surface area contributed by atoms with Gasteiger partial charge in [-0.3, -0.25) is 4.68 Å². The van der Waals surface area contributed by atoms with E-state index in [1.165, 1.54) is 5.56 Å². The number of aryl methyl sites for hydroxylation is 1. The summed E-state index contributed by atoms with van der Waals surface area (Å²) >= 11 is 0. The maximum atomic E-state index is 5.41. The van der Waals surface area contributed by atoms with Crippen molar-refractivity contribution in [3.05, 3.63) is 36.2 Å². The third-order valence-electron chi connectivity index (χ3n) is 2.87. The molecule has 0 amide bonds. The predicted molar refractivity (Wildman–Crippen MR) is 69.3 cm³/mol. The third-order valence-corrected chi connectivity index (χ3v) is 2.87. The van der Waals surface area contributed by atoms with Crippen LogP contribution in [0, 0.1) is 6.92 Å². The molecule has 17 heavy (non-hydrogen) atoms. The average molecular weight is 230 g/mol. The summed E-state index contributed by atoms with van der Waals surface area (Å²) in [6.45, 7) is 6.32. The van der Waals surface area contributed by atoms with Crippen LogP contribution in [0.4, 0.5) is 0 Å². The van der Waals surface area contributed by atoms with E-state index in [2.05, 4.69) is 38.1 Å². The smallest absolute Gasteiger partial charge is 0.127 e. The van der Waals surface area contributed by atoms with Crippen LogP contribution in [0.25, 0.3) is 11.1 Å². The summed E-state index contributed by atoms with van der Waals surface area (Å²) in [7, 11) is 1.70. The van der Waals surface area contributed by atoms with Gasteiger partial charge >= 0.3 is 0 Å². The lowest BCUT2D eigenvalue weighted by Crippen LogP contribution is -1.99. The highest BCUT2D eigenvalue weighted by Crippen LogP contribution is 2.32. The quantitative estimate of drug-likeness (QED) is 0.807. The molecule has 1 heterocycles. The fraction of sp³-hybridized carbons (Fsp3) is 0.357. The summed E-state index contributed by atoms with van der Waals surface area (Å²) in [5.74, 6) is 0.897. The van der Waals surface area contributed by atoms with Crippen molar-refractivity contribution in [2.24, 2.45) is 0 Å². The zero-order valence-corrected chi connectivity index (χ0v) is 10.8. The van der Waals surface area contributed by atoms with Gasteiger partial charge < -0.3 is 4.74 Å². The van der Waals surface area contributed by atoms with Gasteiger partial charge in [-0.05, 0) is 32.4 Å².